The van der Waals surface area contributed by atoms with Gasteiger partial charge in [0.05, 0.1) is 0 Å². The van der Waals surface area contributed by atoms with Crippen LogP contribution in [0.5, 0.6) is 0 Å². The quantitative estimate of drug-likeness (QED) is 0.760. The Labute approximate surface area is 151 Å². The Morgan fingerprint density at radius 2 is 1.35 bits per heavy atom. The molecular weight excluding hydrogens is 338 g/mol. The fraction of sp³-hybridized carbons (Fsp3) is 0.300. The molecule has 0 fully saturated rings. The Bertz CT molecular complexity index is 815. The highest BCUT2D eigenvalue weighted by Crippen LogP contribution is 2.23. The lowest BCUT2D eigenvalue weighted by molar-refractivity contribution is -0.135. The van der Waals surface area contributed by atoms with Crippen molar-refractivity contribution in [2.24, 2.45) is 5.41 Å². The molecule has 4 nitrogen and oxygen atoms in total. The number of anilines is 2. The van der Waals surface area contributed by atoms with Crippen LogP contribution in [0.15, 0.2) is 42.5 Å². The fourth-order valence-electron chi connectivity index (χ4n) is 2.20. The molecule has 2 aromatic carbocycles. The minimum Gasteiger partial charge on any atom is -0.325 e. The third-order valence-electron chi connectivity index (χ3n) is 4.15. The predicted molar refractivity (Wildman–Crippen MR) is 97.9 cm³/mol. The van der Waals surface area contributed by atoms with Gasteiger partial charge in [-0.2, -0.15) is 0 Å². The Balaban J connectivity index is 2.07. The van der Waals surface area contributed by atoms with Crippen molar-refractivity contribution in [2.75, 3.05) is 10.6 Å². The summed E-state index contributed by atoms with van der Waals surface area (Å²) in [7, 11) is 0. The summed E-state index contributed by atoms with van der Waals surface area (Å²) in [5.41, 5.74) is 0.379. The van der Waals surface area contributed by atoms with Crippen molar-refractivity contribution in [1.82, 2.24) is 0 Å². The van der Waals surface area contributed by atoms with Crippen LogP contribution in [0.25, 0.3) is 0 Å². The SMILES string of the molecule is CC(C)c1ccc(NC(=O)C(C)(C)C(=O)Nc2ccc(F)c(F)c2)cc1. The van der Waals surface area contributed by atoms with Gasteiger partial charge in [0.25, 0.3) is 0 Å². The first-order valence-electron chi connectivity index (χ1n) is 8.29. The molecule has 0 saturated heterocycles. The van der Waals surface area contributed by atoms with Crippen molar-refractivity contribution >= 4 is 23.2 Å². The first-order chi connectivity index (χ1) is 12.1. The van der Waals surface area contributed by atoms with Crippen LogP contribution in [0, 0.1) is 17.0 Å². The van der Waals surface area contributed by atoms with E-state index in [1.54, 1.807) is 12.1 Å². The van der Waals surface area contributed by atoms with Gasteiger partial charge in [0.1, 0.15) is 5.41 Å². The van der Waals surface area contributed by atoms with Gasteiger partial charge in [0.15, 0.2) is 11.6 Å². The molecule has 0 aliphatic rings. The summed E-state index contributed by atoms with van der Waals surface area (Å²) in [6, 6.07) is 10.4. The lowest BCUT2D eigenvalue weighted by Crippen LogP contribution is -2.41. The average molecular weight is 360 g/mol. The van der Waals surface area contributed by atoms with E-state index in [0.29, 0.717) is 11.6 Å². The van der Waals surface area contributed by atoms with Gasteiger partial charge >= 0.3 is 0 Å². The van der Waals surface area contributed by atoms with E-state index in [4.69, 9.17) is 0 Å². The van der Waals surface area contributed by atoms with Gasteiger partial charge in [-0.25, -0.2) is 8.78 Å². The van der Waals surface area contributed by atoms with Crippen molar-refractivity contribution < 1.29 is 18.4 Å². The summed E-state index contributed by atoms with van der Waals surface area (Å²) < 4.78 is 26.2. The molecule has 0 saturated carbocycles. The minimum absolute atomic E-state index is 0.0797. The molecule has 0 aromatic heterocycles. The standard InChI is InChI=1S/C20H22F2N2O2/c1-12(2)13-5-7-14(8-6-13)23-18(25)20(3,4)19(26)24-15-9-10-16(21)17(22)11-15/h5-12H,1-4H3,(H,23,25)(H,24,26). The van der Waals surface area contributed by atoms with Crippen LogP contribution in [0.4, 0.5) is 20.2 Å². The van der Waals surface area contributed by atoms with Crippen LogP contribution < -0.4 is 10.6 Å². The van der Waals surface area contributed by atoms with Gasteiger partial charge in [-0.15, -0.1) is 0 Å². The molecule has 26 heavy (non-hydrogen) atoms. The van der Waals surface area contributed by atoms with Crippen LogP contribution in [-0.4, -0.2) is 11.8 Å². The number of hydrogen-bond acceptors (Lipinski definition) is 2. The van der Waals surface area contributed by atoms with Crippen molar-refractivity contribution in [1.29, 1.82) is 0 Å². The number of carbonyl (C=O) groups is 2. The maximum atomic E-state index is 13.3. The molecule has 0 aliphatic heterocycles. The van der Waals surface area contributed by atoms with Crippen LogP contribution in [0.2, 0.25) is 0 Å². The Morgan fingerprint density at radius 1 is 0.846 bits per heavy atom. The lowest BCUT2D eigenvalue weighted by atomic mass is 9.90. The zero-order chi connectivity index (χ0) is 19.5. The Kier molecular flexibility index (Phi) is 5.75. The van der Waals surface area contributed by atoms with Gasteiger partial charge in [-0.1, -0.05) is 26.0 Å². The molecule has 0 bridgehead atoms. The number of carbonyl (C=O) groups excluding carboxylic acids is 2. The number of hydrogen-bond donors (Lipinski definition) is 2. The van der Waals surface area contributed by atoms with E-state index in [-0.39, 0.29) is 5.69 Å². The highest BCUT2D eigenvalue weighted by Gasteiger charge is 2.36. The maximum absolute atomic E-state index is 13.3. The molecule has 2 N–H and O–H groups in total. The van der Waals surface area contributed by atoms with Crippen molar-refractivity contribution in [3.05, 3.63) is 59.7 Å². The third-order valence-corrected chi connectivity index (χ3v) is 4.15. The molecule has 2 aromatic rings. The first kappa shape index (κ1) is 19.6. The summed E-state index contributed by atoms with van der Waals surface area (Å²) in [6.07, 6.45) is 0. The second-order valence-electron chi connectivity index (χ2n) is 6.94. The summed E-state index contributed by atoms with van der Waals surface area (Å²) in [5, 5.41) is 5.14. The van der Waals surface area contributed by atoms with Crippen molar-refractivity contribution in [2.45, 2.75) is 33.6 Å². The van der Waals surface area contributed by atoms with E-state index in [2.05, 4.69) is 24.5 Å². The number of nitrogens with one attached hydrogen (secondary N) is 2. The van der Waals surface area contributed by atoms with Crippen LogP contribution >= 0.6 is 0 Å². The summed E-state index contributed by atoms with van der Waals surface area (Å²) >= 11 is 0. The summed E-state index contributed by atoms with van der Waals surface area (Å²) in [6.45, 7) is 7.05. The smallest absolute Gasteiger partial charge is 0.239 e. The lowest BCUT2D eigenvalue weighted by Gasteiger charge is -2.23. The molecule has 0 aliphatic carbocycles. The monoisotopic (exact) mass is 360 g/mol. The molecule has 0 spiro atoms. The van der Waals surface area contributed by atoms with E-state index in [0.717, 1.165) is 17.7 Å². The zero-order valence-corrected chi connectivity index (χ0v) is 15.2. The third kappa shape index (κ3) is 4.45. The zero-order valence-electron chi connectivity index (χ0n) is 15.2. The minimum atomic E-state index is -1.42. The van der Waals surface area contributed by atoms with Gasteiger partial charge in [-0.3, -0.25) is 9.59 Å². The second-order valence-corrected chi connectivity index (χ2v) is 6.94. The number of amides is 2. The first-order valence-corrected chi connectivity index (χ1v) is 8.29. The molecule has 2 rings (SSSR count). The van der Waals surface area contributed by atoms with Gasteiger partial charge < -0.3 is 10.6 Å². The van der Waals surface area contributed by atoms with Crippen LogP contribution in [-0.2, 0) is 9.59 Å². The average Bonchev–Trinajstić information content (AvgIpc) is 2.58. The van der Waals surface area contributed by atoms with Crippen LogP contribution in [0.1, 0.15) is 39.2 Å². The molecule has 0 heterocycles. The Morgan fingerprint density at radius 3 is 1.85 bits per heavy atom. The van der Waals surface area contributed by atoms with E-state index in [9.17, 15) is 18.4 Å². The van der Waals surface area contributed by atoms with E-state index < -0.39 is 28.9 Å². The van der Waals surface area contributed by atoms with Crippen LogP contribution in [0.3, 0.4) is 0 Å². The highest BCUT2D eigenvalue weighted by atomic mass is 19.2. The molecule has 0 atom stereocenters. The number of benzene rings is 2. The maximum Gasteiger partial charge on any atom is 0.239 e. The van der Waals surface area contributed by atoms with Crippen molar-refractivity contribution in [3.63, 3.8) is 0 Å². The van der Waals surface area contributed by atoms with Gasteiger partial charge in [-0.05, 0) is 49.6 Å². The predicted octanol–water partition coefficient (Wildman–Crippen LogP) is 4.69. The molecule has 6 heteroatoms. The summed E-state index contributed by atoms with van der Waals surface area (Å²) in [4.78, 5) is 24.9. The molecule has 138 valence electrons. The topological polar surface area (TPSA) is 58.2 Å². The molecule has 2 amide bonds. The van der Waals surface area contributed by atoms with Crippen molar-refractivity contribution in [3.8, 4) is 0 Å². The fourth-order valence-corrected chi connectivity index (χ4v) is 2.20. The van der Waals surface area contributed by atoms with E-state index >= 15 is 0 Å². The van der Waals surface area contributed by atoms with E-state index in [1.165, 1.54) is 19.9 Å². The van der Waals surface area contributed by atoms with E-state index in [1.807, 2.05) is 12.1 Å². The number of halogens is 2. The number of rotatable bonds is 5. The Hall–Kier alpha value is -2.76. The molecule has 0 radical (unpaired) electrons. The molecule has 0 unspecified atom stereocenters. The molecular formula is C20H22F2N2O2. The normalized spacial score (nSPS) is 11.3. The van der Waals surface area contributed by atoms with Gasteiger partial charge in [0, 0.05) is 17.4 Å². The second kappa shape index (κ2) is 7.64. The largest absolute Gasteiger partial charge is 0.325 e. The highest BCUT2D eigenvalue weighted by molar-refractivity contribution is 6.13. The summed E-state index contributed by atoms with van der Waals surface area (Å²) in [5.74, 6) is -2.84. The van der Waals surface area contributed by atoms with Gasteiger partial charge in [0.2, 0.25) is 11.8 Å².